The maximum Gasteiger partial charge on any atom is 0.0702 e. The molecule has 0 fully saturated rings. The summed E-state index contributed by atoms with van der Waals surface area (Å²) in [5.41, 5.74) is 8.08. The van der Waals surface area contributed by atoms with Gasteiger partial charge < -0.3 is 0 Å². The van der Waals surface area contributed by atoms with Crippen molar-refractivity contribution in [1.82, 2.24) is 4.98 Å². The van der Waals surface area contributed by atoms with E-state index in [0.29, 0.717) is 0 Å². The zero-order valence-corrected chi connectivity index (χ0v) is 15.9. The average molecular weight is 349 g/mol. The van der Waals surface area contributed by atoms with Gasteiger partial charge in [-0.05, 0) is 64.1 Å². The van der Waals surface area contributed by atoms with Crippen molar-refractivity contribution >= 4 is 10.8 Å². The topological polar surface area (TPSA) is 12.9 Å². The highest BCUT2D eigenvalue weighted by atomic mass is 14.7. The van der Waals surface area contributed by atoms with Crippen LogP contribution in [0.3, 0.4) is 0 Å². The Morgan fingerprint density at radius 2 is 1.56 bits per heavy atom. The predicted molar refractivity (Wildman–Crippen MR) is 114 cm³/mol. The molecule has 0 saturated carbocycles. The van der Waals surface area contributed by atoms with Crippen LogP contribution in [0.1, 0.15) is 37.8 Å². The quantitative estimate of drug-likeness (QED) is 0.388. The first-order valence-corrected chi connectivity index (χ1v) is 9.87. The molecule has 0 saturated heterocycles. The summed E-state index contributed by atoms with van der Waals surface area (Å²) in [5, 5.41) is 2.73. The van der Waals surface area contributed by atoms with Gasteiger partial charge >= 0.3 is 0 Å². The summed E-state index contributed by atoms with van der Waals surface area (Å²) in [6.45, 7) is 4.66. The van der Waals surface area contributed by atoms with Crippen LogP contribution in [0.4, 0.5) is 0 Å². The van der Waals surface area contributed by atoms with E-state index in [4.69, 9.17) is 0 Å². The van der Waals surface area contributed by atoms with Crippen LogP contribution in [0, 0.1) is 0 Å². The third-order valence-corrected chi connectivity index (χ3v) is 6.40. The van der Waals surface area contributed by atoms with Crippen molar-refractivity contribution in [3.8, 4) is 22.4 Å². The molecule has 0 N–H and O–H groups in total. The van der Waals surface area contributed by atoms with Crippen molar-refractivity contribution in [2.45, 2.75) is 32.1 Å². The summed E-state index contributed by atoms with van der Waals surface area (Å²) in [5.74, 6) is 0. The first-order valence-electron chi connectivity index (χ1n) is 9.87. The molecule has 0 atom stereocenters. The number of rotatable bonds is 3. The maximum atomic E-state index is 4.57. The molecule has 0 unspecified atom stereocenters. The molecule has 1 nitrogen and oxygen atoms in total. The van der Waals surface area contributed by atoms with Crippen LogP contribution in [0.25, 0.3) is 33.2 Å². The van der Waals surface area contributed by atoms with Gasteiger partial charge in [-0.3, -0.25) is 4.98 Å². The van der Waals surface area contributed by atoms with E-state index in [2.05, 4.69) is 85.6 Å². The Morgan fingerprint density at radius 1 is 0.778 bits per heavy atom. The zero-order chi connectivity index (χ0) is 18.4. The third kappa shape index (κ3) is 2.21. The molecule has 3 aromatic carbocycles. The Bertz CT molecular complexity index is 1140. The smallest absolute Gasteiger partial charge is 0.0702 e. The normalized spacial score (nSPS) is 14.1. The Hall–Kier alpha value is -2.93. The van der Waals surface area contributed by atoms with E-state index in [1.54, 1.807) is 0 Å². The summed E-state index contributed by atoms with van der Waals surface area (Å²) >= 11 is 0. The van der Waals surface area contributed by atoms with Crippen LogP contribution in [0.2, 0.25) is 0 Å². The molecule has 1 aliphatic carbocycles. The van der Waals surface area contributed by atoms with Gasteiger partial charge in [-0.1, -0.05) is 68.4 Å². The average Bonchev–Trinajstić information content (AvgIpc) is 3.04. The summed E-state index contributed by atoms with van der Waals surface area (Å²) in [6, 6.07) is 26.5. The highest BCUT2D eigenvalue weighted by molar-refractivity contribution is 5.98. The largest absolute Gasteiger partial charge is 0.256 e. The van der Waals surface area contributed by atoms with Gasteiger partial charge in [0.2, 0.25) is 0 Å². The van der Waals surface area contributed by atoms with Gasteiger partial charge in [-0.25, -0.2) is 0 Å². The van der Waals surface area contributed by atoms with Gasteiger partial charge in [0, 0.05) is 17.2 Å². The summed E-state index contributed by atoms with van der Waals surface area (Å²) in [6.07, 6.45) is 4.07. The molecule has 4 aromatic rings. The van der Waals surface area contributed by atoms with Crippen molar-refractivity contribution in [3.63, 3.8) is 0 Å². The van der Waals surface area contributed by atoms with Crippen molar-refractivity contribution in [1.29, 1.82) is 0 Å². The van der Waals surface area contributed by atoms with Gasteiger partial charge in [-0.15, -0.1) is 0 Å². The summed E-state index contributed by atoms with van der Waals surface area (Å²) < 4.78 is 0. The fraction of sp³-hybridized carbons (Fsp3) is 0.192. The van der Waals surface area contributed by atoms with Crippen molar-refractivity contribution in [2.24, 2.45) is 0 Å². The Kier molecular flexibility index (Phi) is 3.65. The van der Waals surface area contributed by atoms with E-state index in [9.17, 15) is 0 Å². The van der Waals surface area contributed by atoms with E-state index in [1.807, 2.05) is 12.3 Å². The Balaban J connectivity index is 1.83. The van der Waals surface area contributed by atoms with E-state index in [1.165, 1.54) is 38.6 Å². The monoisotopic (exact) mass is 349 g/mol. The highest BCUT2D eigenvalue weighted by Gasteiger charge is 2.41. The SMILES string of the molecule is CCC1(CC)c2cc(-c3ccccn3)ccc2-c2ccc3ccccc3c21. The fourth-order valence-corrected chi connectivity index (χ4v) is 5.00. The molecular weight excluding hydrogens is 326 g/mol. The number of hydrogen-bond donors (Lipinski definition) is 0. The van der Waals surface area contributed by atoms with Crippen LogP contribution in [-0.2, 0) is 5.41 Å². The Labute approximate surface area is 160 Å². The van der Waals surface area contributed by atoms with E-state index < -0.39 is 0 Å². The van der Waals surface area contributed by atoms with Gasteiger partial charge in [0.1, 0.15) is 0 Å². The molecule has 0 amide bonds. The minimum absolute atomic E-state index is 0.0658. The van der Waals surface area contributed by atoms with Gasteiger partial charge in [0.05, 0.1) is 5.69 Å². The molecular formula is C26H23N. The molecule has 1 heterocycles. The lowest BCUT2D eigenvalue weighted by Crippen LogP contribution is -2.23. The lowest BCUT2D eigenvalue weighted by molar-refractivity contribution is 0.494. The van der Waals surface area contributed by atoms with Crippen molar-refractivity contribution in [3.05, 3.63) is 90.1 Å². The number of pyridine rings is 1. The van der Waals surface area contributed by atoms with Crippen LogP contribution < -0.4 is 0 Å². The number of aromatic nitrogens is 1. The van der Waals surface area contributed by atoms with Crippen LogP contribution in [0.15, 0.2) is 79.0 Å². The van der Waals surface area contributed by atoms with Gasteiger partial charge in [-0.2, -0.15) is 0 Å². The minimum Gasteiger partial charge on any atom is -0.256 e. The lowest BCUT2D eigenvalue weighted by atomic mass is 9.72. The second-order valence-electron chi connectivity index (χ2n) is 7.47. The number of hydrogen-bond acceptors (Lipinski definition) is 1. The zero-order valence-electron chi connectivity index (χ0n) is 15.9. The molecule has 1 aromatic heterocycles. The second-order valence-corrected chi connectivity index (χ2v) is 7.47. The predicted octanol–water partition coefficient (Wildman–Crippen LogP) is 6.99. The van der Waals surface area contributed by atoms with Gasteiger partial charge in [0.25, 0.3) is 0 Å². The third-order valence-electron chi connectivity index (χ3n) is 6.40. The molecule has 1 aliphatic rings. The van der Waals surface area contributed by atoms with E-state index in [-0.39, 0.29) is 5.41 Å². The molecule has 27 heavy (non-hydrogen) atoms. The Morgan fingerprint density at radius 3 is 2.33 bits per heavy atom. The fourth-order valence-electron chi connectivity index (χ4n) is 5.00. The highest BCUT2D eigenvalue weighted by Crippen LogP contribution is 2.55. The lowest BCUT2D eigenvalue weighted by Gasteiger charge is -2.31. The summed E-state index contributed by atoms with van der Waals surface area (Å²) in [7, 11) is 0. The van der Waals surface area contributed by atoms with Crippen LogP contribution in [0.5, 0.6) is 0 Å². The van der Waals surface area contributed by atoms with E-state index in [0.717, 1.165) is 18.5 Å². The maximum absolute atomic E-state index is 4.57. The molecule has 0 aliphatic heterocycles. The number of fused-ring (bicyclic) bond motifs is 5. The van der Waals surface area contributed by atoms with Gasteiger partial charge in [0.15, 0.2) is 0 Å². The van der Waals surface area contributed by atoms with Crippen LogP contribution >= 0.6 is 0 Å². The molecule has 132 valence electrons. The molecule has 0 spiro atoms. The van der Waals surface area contributed by atoms with Crippen molar-refractivity contribution in [2.75, 3.05) is 0 Å². The molecule has 0 bridgehead atoms. The van der Waals surface area contributed by atoms with Crippen LogP contribution in [-0.4, -0.2) is 4.98 Å². The number of benzene rings is 3. The standard InChI is InChI=1S/C26H23N/c1-3-26(4-2)23-17-19(24-11-7-8-16-27-24)13-14-21(23)22-15-12-18-9-5-6-10-20(18)25(22)26/h5-17H,3-4H2,1-2H3. The number of nitrogens with zero attached hydrogens (tertiary/aromatic N) is 1. The second kappa shape index (κ2) is 6.06. The van der Waals surface area contributed by atoms with Crippen molar-refractivity contribution < 1.29 is 0 Å². The molecule has 1 heteroatoms. The molecule has 0 radical (unpaired) electrons. The molecule has 5 rings (SSSR count). The first-order chi connectivity index (χ1) is 13.3. The first kappa shape index (κ1) is 16.3. The van der Waals surface area contributed by atoms with E-state index >= 15 is 0 Å². The minimum atomic E-state index is 0.0658. The summed E-state index contributed by atoms with van der Waals surface area (Å²) in [4.78, 5) is 4.57.